The van der Waals surface area contributed by atoms with Gasteiger partial charge in [0.15, 0.2) is 6.17 Å². The highest BCUT2D eigenvalue weighted by molar-refractivity contribution is 8.13. The highest BCUT2D eigenvalue weighted by Gasteiger charge is 2.56. The van der Waals surface area contributed by atoms with Crippen LogP contribution in [0.15, 0.2) is 96.0 Å². The Bertz CT molecular complexity index is 1280. The molecule has 2 atom stereocenters. The van der Waals surface area contributed by atoms with E-state index in [9.17, 15) is 4.79 Å². The van der Waals surface area contributed by atoms with E-state index in [1.807, 2.05) is 95.9 Å². The van der Waals surface area contributed by atoms with Gasteiger partial charge in [-0.2, -0.15) is 0 Å². The van der Waals surface area contributed by atoms with Crippen LogP contribution in [-0.4, -0.2) is 42.7 Å². The summed E-state index contributed by atoms with van der Waals surface area (Å²) in [6.45, 7) is 0.490. The summed E-state index contributed by atoms with van der Waals surface area (Å²) < 4.78 is 6.90. The van der Waals surface area contributed by atoms with Gasteiger partial charge in [0.25, 0.3) is 0 Å². The van der Waals surface area contributed by atoms with Crippen LogP contribution in [0.3, 0.4) is 0 Å². The number of alkyl halides is 3. The lowest BCUT2D eigenvalue weighted by molar-refractivity contribution is 0.143. The van der Waals surface area contributed by atoms with Gasteiger partial charge in [0.2, 0.25) is 8.90 Å². The summed E-state index contributed by atoms with van der Waals surface area (Å²) in [5.74, 6) is 0.727. The van der Waals surface area contributed by atoms with Gasteiger partial charge >= 0.3 is 6.09 Å². The molecule has 0 saturated heterocycles. The molecule has 10 heteroatoms. The Morgan fingerprint density at radius 2 is 1.51 bits per heavy atom. The third kappa shape index (κ3) is 4.49. The van der Waals surface area contributed by atoms with Crippen LogP contribution in [0.2, 0.25) is 0 Å². The van der Waals surface area contributed by atoms with Gasteiger partial charge in [-0.05, 0) is 17.7 Å². The molecule has 0 N–H and O–H groups in total. The van der Waals surface area contributed by atoms with Crippen molar-refractivity contribution in [2.75, 3.05) is 12.0 Å². The molecule has 6 nitrogen and oxygen atoms in total. The van der Waals surface area contributed by atoms with E-state index >= 15 is 0 Å². The first-order valence-electron chi connectivity index (χ1n) is 10.8. The number of carbonyl (C=O) groups is 1. The lowest BCUT2D eigenvalue weighted by Gasteiger charge is -2.38. The fourth-order valence-electron chi connectivity index (χ4n) is 4.07. The fraction of sp³-hybridized carbons (Fsp3) is 0.160. The van der Waals surface area contributed by atoms with Gasteiger partial charge < -0.3 is 4.74 Å². The van der Waals surface area contributed by atoms with Gasteiger partial charge in [0.05, 0.1) is 24.5 Å². The highest BCUT2D eigenvalue weighted by Crippen LogP contribution is 2.51. The number of rotatable bonds is 4. The minimum Gasteiger partial charge on any atom is -0.452 e. The van der Waals surface area contributed by atoms with Crippen LogP contribution in [0.1, 0.15) is 11.1 Å². The van der Waals surface area contributed by atoms with Gasteiger partial charge in [0.1, 0.15) is 5.84 Å². The first-order valence-corrected chi connectivity index (χ1v) is 13.0. The molecule has 3 aromatic carbocycles. The monoisotopic (exact) mass is 546 g/mol. The molecule has 35 heavy (non-hydrogen) atoms. The standard InChI is InChI=1S/C25H21Cl3N4O2S/c1-34-24(33)32-22(25(26,27)28)31(20-15-9-4-10-16-20)23-29-21(19-13-7-3-8-14-19)30(35(23)32)17-18-11-5-2-6-12-18/h2-16,22H,17H2,1H3/t22-,35?/m0/s1. The quantitative estimate of drug-likeness (QED) is 0.279. The molecule has 1 amide bonds. The third-order valence-corrected chi connectivity index (χ3v) is 8.19. The van der Waals surface area contributed by atoms with Crippen LogP contribution in [0.5, 0.6) is 0 Å². The Hall–Kier alpha value is -2.71. The SMILES string of the molecule is COC(=O)N1[C@@H](C(Cl)(Cl)Cl)N(c2ccccc2)C2=S1N(Cc1ccccc1)C(c1ccccc1)=N2. The number of methoxy groups -OCH3 is 1. The molecule has 2 aliphatic rings. The number of benzene rings is 3. The lowest BCUT2D eigenvalue weighted by atomic mass is 10.2. The van der Waals surface area contributed by atoms with Crippen molar-refractivity contribution in [2.24, 2.45) is 4.99 Å². The number of anilines is 1. The zero-order chi connectivity index (χ0) is 24.6. The maximum atomic E-state index is 13.2. The number of carbonyl (C=O) groups excluding carboxylic acids is 1. The van der Waals surface area contributed by atoms with E-state index in [1.54, 1.807) is 0 Å². The molecule has 2 heterocycles. The van der Waals surface area contributed by atoms with Crippen molar-refractivity contribution in [1.82, 2.24) is 8.61 Å². The second-order valence-electron chi connectivity index (χ2n) is 7.79. The first kappa shape index (κ1) is 24.0. The molecule has 0 radical (unpaired) electrons. The smallest absolute Gasteiger partial charge is 0.422 e. The van der Waals surface area contributed by atoms with Crippen molar-refractivity contribution in [1.29, 1.82) is 0 Å². The minimum atomic E-state index is -1.85. The summed E-state index contributed by atoms with van der Waals surface area (Å²) >= 11 is 19.6. The van der Waals surface area contributed by atoms with E-state index in [2.05, 4.69) is 4.31 Å². The molecule has 0 bridgehead atoms. The van der Waals surface area contributed by atoms with Crippen molar-refractivity contribution in [3.8, 4) is 0 Å². The average molecular weight is 548 g/mol. The summed E-state index contributed by atoms with van der Waals surface area (Å²) in [4.78, 5) is 20.1. The van der Waals surface area contributed by atoms with Gasteiger partial charge in [-0.15, -0.1) is 0 Å². The van der Waals surface area contributed by atoms with E-state index in [0.29, 0.717) is 11.7 Å². The Balaban J connectivity index is 1.73. The summed E-state index contributed by atoms with van der Waals surface area (Å²) in [6, 6.07) is 29.3. The molecular formula is C25H21Cl3N4O2S. The van der Waals surface area contributed by atoms with Crippen LogP contribution in [0, 0.1) is 0 Å². The first-order chi connectivity index (χ1) is 16.9. The van der Waals surface area contributed by atoms with Gasteiger partial charge in [-0.25, -0.2) is 14.1 Å². The summed E-state index contributed by atoms with van der Waals surface area (Å²) in [5.41, 5.74) is 2.72. The van der Waals surface area contributed by atoms with Crippen LogP contribution in [0.25, 0.3) is 0 Å². The molecule has 2 aliphatic heterocycles. The minimum absolute atomic E-state index is 0.490. The van der Waals surface area contributed by atoms with Crippen LogP contribution in [-0.2, 0) is 11.3 Å². The van der Waals surface area contributed by atoms with Crippen molar-refractivity contribution < 1.29 is 9.53 Å². The Morgan fingerprint density at radius 3 is 2.09 bits per heavy atom. The van der Waals surface area contributed by atoms with Crippen molar-refractivity contribution in [3.63, 3.8) is 0 Å². The molecule has 0 fully saturated rings. The zero-order valence-corrected chi connectivity index (χ0v) is 21.7. The predicted molar refractivity (Wildman–Crippen MR) is 145 cm³/mol. The molecule has 5 rings (SSSR count). The Morgan fingerprint density at radius 1 is 0.943 bits per heavy atom. The zero-order valence-electron chi connectivity index (χ0n) is 18.6. The van der Waals surface area contributed by atoms with Crippen LogP contribution < -0.4 is 4.90 Å². The van der Waals surface area contributed by atoms with Crippen molar-refractivity contribution >= 4 is 68.4 Å². The van der Waals surface area contributed by atoms with E-state index in [-0.39, 0.29) is 0 Å². The molecule has 0 aliphatic carbocycles. The van der Waals surface area contributed by atoms with E-state index in [4.69, 9.17) is 44.5 Å². The van der Waals surface area contributed by atoms with E-state index < -0.39 is 26.9 Å². The number of hydrogen-bond donors (Lipinski definition) is 0. The summed E-state index contributed by atoms with van der Waals surface area (Å²) in [7, 11) is 0.288. The number of para-hydroxylation sites is 1. The summed E-state index contributed by atoms with van der Waals surface area (Å²) in [6.07, 6.45) is -1.58. The average Bonchev–Trinajstić information content (AvgIpc) is 3.40. The van der Waals surface area contributed by atoms with Gasteiger partial charge in [-0.3, -0.25) is 9.21 Å². The second-order valence-corrected chi connectivity index (χ2v) is 11.9. The molecule has 1 unspecified atom stereocenters. The van der Waals surface area contributed by atoms with Crippen molar-refractivity contribution in [2.45, 2.75) is 16.5 Å². The van der Waals surface area contributed by atoms with E-state index in [1.165, 1.54) is 11.4 Å². The maximum Gasteiger partial charge on any atom is 0.422 e. The topological polar surface area (TPSA) is 48.4 Å². The lowest BCUT2D eigenvalue weighted by Crippen LogP contribution is -2.53. The molecule has 180 valence electrons. The normalized spacial score (nSPS) is 19.6. The highest BCUT2D eigenvalue weighted by atomic mass is 35.6. The van der Waals surface area contributed by atoms with Gasteiger partial charge in [-0.1, -0.05) is 114 Å². The van der Waals surface area contributed by atoms with E-state index in [0.717, 1.165) is 22.6 Å². The Kier molecular flexibility index (Phi) is 6.68. The largest absolute Gasteiger partial charge is 0.452 e. The number of amides is 1. The number of halogens is 3. The fourth-order valence-corrected chi connectivity index (χ4v) is 7.20. The van der Waals surface area contributed by atoms with Crippen LogP contribution >= 0.6 is 45.7 Å². The number of aliphatic imine (C=N–C) groups is 1. The number of amidine groups is 1. The molecule has 3 aromatic rings. The van der Waals surface area contributed by atoms with Crippen molar-refractivity contribution in [3.05, 3.63) is 102 Å². The second kappa shape index (κ2) is 9.74. The third-order valence-electron chi connectivity index (χ3n) is 5.55. The molecular weight excluding hydrogens is 527 g/mol. The Labute approximate surface area is 221 Å². The predicted octanol–water partition coefficient (Wildman–Crippen LogP) is 6.42. The number of nitrogens with zero attached hydrogens (tertiary/aromatic N) is 4. The maximum absolute atomic E-state index is 13.2. The van der Waals surface area contributed by atoms with Crippen LogP contribution in [0.4, 0.5) is 10.5 Å². The molecule has 0 aromatic heterocycles. The summed E-state index contributed by atoms with van der Waals surface area (Å²) in [5, 5.41) is 0.604. The number of hydrogen-bond acceptors (Lipinski definition) is 5. The number of ether oxygens (including phenoxy) is 1. The van der Waals surface area contributed by atoms with Gasteiger partial charge in [0, 0.05) is 11.3 Å². The molecule has 0 saturated carbocycles. The molecule has 0 spiro atoms.